The Morgan fingerprint density at radius 2 is 1.97 bits per heavy atom. The number of esters is 1. The molecule has 1 heterocycles. The minimum absolute atomic E-state index is 0.164. The number of rotatable bonds is 6. The highest BCUT2D eigenvalue weighted by atomic mass is 16.5. The number of anilines is 1. The fraction of sp³-hybridized carbons (Fsp3) is 0.273. The molecule has 0 spiro atoms. The molecule has 0 aliphatic carbocycles. The van der Waals surface area contributed by atoms with Crippen LogP contribution in [-0.2, 0) is 16.1 Å². The maximum atomic E-state index is 12.5. The second kappa shape index (κ2) is 8.77. The number of ether oxygens (including phenoxy) is 2. The third kappa shape index (κ3) is 4.32. The van der Waals surface area contributed by atoms with Crippen LogP contribution in [0, 0.1) is 6.92 Å². The first-order valence-corrected chi connectivity index (χ1v) is 9.51. The van der Waals surface area contributed by atoms with Crippen LogP contribution in [0.4, 0.5) is 5.69 Å². The van der Waals surface area contributed by atoms with Gasteiger partial charge in [-0.25, -0.2) is 9.78 Å². The number of benzene rings is 2. The van der Waals surface area contributed by atoms with Crippen LogP contribution in [-0.4, -0.2) is 34.6 Å². The van der Waals surface area contributed by atoms with E-state index >= 15 is 0 Å². The van der Waals surface area contributed by atoms with Gasteiger partial charge in [-0.1, -0.05) is 6.07 Å². The maximum absolute atomic E-state index is 12.5. The Bertz CT molecular complexity index is 1170. The van der Waals surface area contributed by atoms with Gasteiger partial charge < -0.3 is 19.4 Å². The topological polar surface area (TPSA) is 99.5 Å². The van der Waals surface area contributed by atoms with Crippen LogP contribution < -0.4 is 15.6 Å². The van der Waals surface area contributed by atoms with Crippen LogP contribution >= 0.6 is 0 Å². The Balaban J connectivity index is 1.76. The molecule has 30 heavy (non-hydrogen) atoms. The van der Waals surface area contributed by atoms with Gasteiger partial charge in [0.1, 0.15) is 11.4 Å². The molecule has 1 aromatic heterocycles. The third-order valence-corrected chi connectivity index (χ3v) is 4.65. The van der Waals surface area contributed by atoms with Gasteiger partial charge in [-0.2, -0.15) is 0 Å². The molecule has 0 aliphatic heterocycles. The summed E-state index contributed by atoms with van der Waals surface area (Å²) in [5.74, 6) is -0.521. The number of hydrogen-bond donors (Lipinski definition) is 1. The average molecular weight is 409 g/mol. The summed E-state index contributed by atoms with van der Waals surface area (Å²) in [6, 6.07) is 11.6. The lowest BCUT2D eigenvalue weighted by Crippen LogP contribution is -2.30. The van der Waals surface area contributed by atoms with E-state index in [4.69, 9.17) is 9.47 Å². The highest BCUT2D eigenvalue weighted by Gasteiger charge is 2.20. The number of carbonyl (C=O) groups is 2. The van der Waals surface area contributed by atoms with Crippen LogP contribution in [0.3, 0.4) is 0 Å². The number of carbonyl (C=O) groups excluding carboxylic acids is 2. The summed E-state index contributed by atoms with van der Waals surface area (Å²) < 4.78 is 12.0. The summed E-state index contributed by atoms with van der Waals surface area (Å²) in [6.45, 7) is 5.48. The molecule has 0 saturated carbocycles. The van der Waals surface area contributed by atoms with E-state index in [1.165, 1.54) is 14.0 Å². The van der Waals surface area contributed by atoms with Gasteiger partial charge in [0.2, 0.25) is 0 Å². The summed E-state index contributed by atoms with van der Waals surface area (Å²) in [5.41, 5.74) is 2.11. The largest absolute Gasteiger partial charge is 0.497 e. The first kappa shape index (κ1) is 21.0. The molecule has 2 aromatic carbocycles. The first-order chi connectivity index (χ1) is 14.3. The molecule has 0 radical (unpaired) electrons. The normalized spacial score (nSPS) is 11.7. The molecular weight excluding hydrogens is 386 g/mol. The van der Waals surface area contributed by atoms with Crippen molar-refractivity contribution in [3.63, 3.8) is 0 Å². The number of fused-ring (bicyclic) bond motifs is 1. The van der Waals surface area contributed by atoms with E-state index in [9.17, 15) is 14.4 Å². The zero-order valence-electron chi connectivity index (χ0n) is 17.3. The third-order valence-electron chi connectivity index (χ3n) is 4.65. The van der Waals surface area contributed by atoms with Gasteiger partial charge >= 0.3 is 5.97 Å². The average Bonchev–Trinajstić information content (AvgIpc) is 2.74. The summed E-state index contributed by atoms with van der Waals surface area (Å²) in [5, 5.41) is 2.69. The van der Waals surface area contributed by atoms with E-state index in [0.717, 1.165) is 0 Å². The van der Waals surface area contributed by atoms with Crippen molar-refractivity contribution in [1.82, 2.24) is 9.55 Å². The van der Waals surface area contributed by atoms with Gasteiger partial charge in [0.15, 0.2) is 6.10 Å². The first-order valence-electron chi connectivity index (χ1n) is 9.51. The molecule has 1 N–H and O–H groups in total. The van der Waals surface area contributed by atoms with E-state index < -0.39 is 18.0 Å². The van der Waals surface area contributed by atoms with E-state index in [0.29, 0.717) is 34.7 Å². The summed E-state index contributed by atoms with van der Waals surface area (Å²) in [7, 11) is 1.53. The van der Waals surface area contributed by atoms with Crippen LogP contribution in [0.5, 0.6) is 5.75 Å². The minimum atomic E-state index is -1.02. The molecule has 0 aliphatic rings. The number of aryl methyl sites for hydroxylation is 2. The van der Waals surface area contributed by atoms with Crippen molar-refractivity contribution in [2.75, 3.05) is 12.4 Å². The lowest BCUT2D eigenvalue weighted by atomic mass is 10.2. The molecule has 0 fully saturated rings. The summed E-state index contributed by atoms with van der Waals surface area (Å²) in [6.07, 6.45) is -1.02. The van der Waals surface area contributed by atoms with Gasteiger partial charge in [0.05, 0.1) is 23.7 Å². The van der Waals surface area contributed by atoms with Gasteiger partial charge in [-0.15, -0.1) is 0 Å². The number of nitrogens with one attached hydrogen (secondary N) is 1. The lowest BCUT2D eigenvalue weighted by Gasteiger charge is -2.14. The highest BCUT2D eigenvalue weighted by Crippen LogP contribution is 2.18. The maximum Gasteiger partial charge on any atom is 0.338 e. The molecular formula is C22H23N3O5. The molecule has 8 nitrogen and oxygen atoms in total. The molecule has 3 aromatic rings. The molecule has 0 bridgehead atoms. The quantitative estimate of drug-likeness (QED) is 0.629. The van der Waals surface area contributed by atoms with Gasteiger partial charge in [0, 0.05) is 18.3 Å². The Labute approximate surface area is 173 Å². The number of aromatic nitrogens is 2. The molecule has 0 unspecified atom stereocenters. The molecule has 156 valence electrons. The summed E-state index contributed by atoms with van der Waals surface area (Å²) in [4.78, 5) is 41.4. The summed E-state index contributed by atoms with van der Waals surface area (Å²) >= 11 is 0. The number of hydrogen-bond acceptors (Lipinski definition) is 6. The fourth-order valence-electron chi connectivity index (χ4n) is 3.04. The van der Waals surface area contributed by atoms with Gasteiger partial charge in [-0.3, -0.25) is 9.59 Å². The van der Waals surface area contributed by atoms with Gasteiger partial charge in [0.25, 0.3) is 11.5 Å². The molecule has 8 heteroatoms. The van der Waals surface area contributed by atoms with E-state index in [-0.39, 0.29) is 11.1 Å². The smallest absolute Gasteiger partial charge is 0.338 e. The zero-order valence-corrected chi connectivity index (χ0v) is 17.3. The molecule has 0 saturated heterocycles. The monoisotopic (exact) mass is 409 g/mol. The standard InChI is InChI=1S/C22H23N3O5/c1-5-25-19-10-9-15(11-18(19)23-13(2)21(25)27)22(28)30-14(3)20(26)24-16-7-6-8-17(12-16)29-4/h6-12,14H,5H2,1-4H3,(H,24,26)/t14-/m1/s1. The molecule has 3 rings (SSSR count). The van der Waals surface area contributed by atoms with Crippen molar-refractivity contribution >= 4 is 28.6 Å². The van der Waals surface area contributed by atoms with E-state index in [1.54, 1.807) is 54.0 Å². The van der Waals surface area contributed by atoms with Crippen LogP contribution in [0.25, 0.3) is 11.0 Å². The second-order valence-electron chi connectivity index (χ2n) is 6.72. The number of methoxy groups -OCH3 is 1. The zero-order chi connectivity index (χ0) is 21.8. The Morgan fingerprint density at radius 3 is 2.67 bits per heavy atom. The van der Waals surface area contributed by atoms with E-state index in [1.807, 2.05) is 6.92 Å². The fourth-order valence-corrected chi connectivity index (χ4v) is 3.04. The van der Waals surface area contributed by atoms with Gasteiger partial charge in [-0.05, 0) is 51.1 Å². The Morgan fingerprint density at radius 1 is 1.20 bits per heavy atom. The van der Waals surface area contributed by atoms with Crippen molar-refractivity contribution in [2.45, 2.75) is 33.4 Å². The molecule has 1 amide bonds. The van der Waals surface area contributed by atoms with Crippen molar-refractivity contribution in [3.05, 3.63) is 64.1 Å². The van der Waals surface area contributed by atoms with Crippen LogP contribution in [0.1, 0.15) is 29.9 Å². The predicted octanol–water partition coefficient (Wildman–Crippen LogP) is 2.92. The predicted molar refractivity (Wildman–Crippen MR) is 113 cm³/mol. The highest BCUT2D eigenvalue weighted by molar-refractivity contribution is 5.98. The lowest BCUT2D eigenvalue weighted by molar-refractivity contribution is -0.123. The Hall–Kier alpha value is -3.68. The van der Waals surface area contributed by atoms with Crippen LogP contribution in [0.2, 0.25) is 0 Å². The van der Waals surface area contributed by atoms with Crippen molar-refractivity contribution < 1.29 is 19.1 Å². The second-order valence-corrected chi connectivity index (χ2v) is 6.72. The van der Waals surface area contributed by atoms with Crippen molar-refractivity contribution in [2.24, 2.45) is 0 Å². The van der Waals surface area contributed by atoms with Crippen LogP contribution in [0.15, 0.2) is 47.3 Å². The SMILES string of the molecule is CCn1c(=O)c(C)nc2cc(C(=O)O[C@H](C)C(=O)Nc3cccc(OC)c3)ccc21. The van der Waals surface area contributed by atoms with Crippen molar-refractivity contribution in [3.8, 4) is 5.75 Å². The molecule has 1 atom stereocenters. The minimum Gasteiger partial charge on any atom is -0.497 e. The number of amides is 1. The number of nitrogens with zero attached hydrogens (tertiary/aromatic N) is 2. The van der Waals surface area contributed by atoms with Crippen molar-refractivity contribution in [1.29, 1.82) is 0 Å². The Kier molecular flexibility index (Phi) is 6.15. The van der Waals surface area contributed by atoms with E-state index in [2.05, 4.69) is 10.3 Å².